The maximum Gasteiger partial charge on any atom is 0.326 e. The Balaban J connectivity index is 2.09. The first-order valence-electron chi connectivity index (χ1n) is 6.80. The Bertz CT molecular complexity index is 504. The molecule has 0 radical (unpaired) electrons. The van der Waals surface area contributed by atoms with Gasteiger partial charge >= 0.3 is 12.0 Å². The molecule has 0 aromatic carbocycles. The lowest BCUT2D eigenvalue weighted by Crippen LogP contribution is -2.50. The van der Waals surface area contributed by atoms with E-state index in [0.717, 1.165) is 0 Å². The number of amides is 2. The van der Waals surface area contributed by atoms with E-state index in [1.54, 1.807) is 0 Å². The average molecular weight is 304 g/mol. The molecule has 2 rings (SSSR count). The van der Waals surface area contributed by atoms with E-state index < -0.39 is 21.8 Å². The van der Waals surface area contributed by atoms with Crippen molar-refractivity contribution >= 4 is 21.8 Å². The summed E-state index contributed by atoms with van der Waals surface area (Å²) in [5, 5.41) is 9.23. The number of sulfone groups is 1. The van der Waals surface area contributed by atoms with E-state index in [1.807, 2.05) is 6.92 Å². The van der Waals surface area contributed by atoms with Crippen LogP contribution in [0, 0.1) is 5.92 Å². The van der Waals surface area contributed by atoms with Crippen LogP contribution in [-0.4, -0.2) is 72.5 Å². The molecular formula is C12H20N2O5S. The number of rotatable bonds is 1. The minimum absolute atomic E-state index is 0.0418. The summed E-state index contributed by atoms with van der Waals surface area (Å²) < 4.78 is 23.1. The van der Waals surface area contributed by atoms with Gasteiger partial charge in [-0.2, -0.15) is 0 Å². The average Bonchev–Trinajstić information content (AvgIpc) is 2.64. The van der Waals surface area contributed by atoms with Crippen molar-refractivity contribution in [2.24, 2.45) is 5.92 Å². The van der Waals surface area contributed by atoms with Gasteiger partial charge in [-0.25, -0.2) is 18.0 Å². The summed E-state index contributed by atoms with van der Waals surface area (Å²) >= 11 is 0. The van der Waals surface area contributed by atoms with Gasteiger partial charge < -0.3 is 14.9 Å². The zero-order valence-corrected chi connectivity index (χ0v) is 12.3. The van der Waals surface area contributed by atoms with Crippen LogP contribution in [-0.2, 0) is 14.6 Å². The van der Waals surface area contributed by atoms with Crippen molar-refractivity contribution in [2.75, 3.05) is 31.1 Å². The van der Waals surface area contributed by atoms with Crippen molar-refractivity contribution in [1.29, 1.82) is 0 Å². The van der Waals surface area contributed by atoms with Gasteiger partial charge in [-0.15, -0.1) is 0 Å². The topological polar surface area (TPSA) is 95.0 Å². The Morgan fingerprint density at radius 3 is 2.50 bits per heavy atom. The molecule has 1 N–H and O–H groups in total. The number of hydrogen-bond donors (Lipinski definition) is 1. The van der Waals surface area contributed by atoms with E-state index in [1.165, 1.54) is 9.80 Å². The number of carboxylic acids is 1. The maximum atomic E-state index is 12.4. The molecule has 0 saturated carbocycles. The van der Waals surface area contributed by atoms with Gasteiger partial charge in [-0.05, 0) is 18.8 Å². The highest BCUT2D eigenvalue weighted by molar-refractivity contribution is 7.91. The Hall–Kier alpha value is -1.31. The highest BCUT2D eigenvalue weighted by Crippen LogP contribution is 2.25. The quantitative estimate of drug-likeness (QED) is 0.737. The molecule has 2 fully saturated rings. The molecule has 2 saturated heterocycles. The summed E-state index contributed by atoms with van der Waals surface area (Å²) in [5.74, 6) is -1.02. The molecule has 0 bridgehead atoms. The molecule has 2 unspecified atom stereocenters. The van der Waals surface area contributed by atoms with Gasteiger partial charge in [0.2, 0.25) is 0 Å². The zero-order chi connectivity index (χ0) is 14.9. The number of aliphatic carboxylic acids is 1. The first kappa shape index (κ1) is 15.1. The van der Waals surface area contributed by atoms with Crippen LogP contribution in [0.5, 0.6) is 0 Å². The predicted octanol–water partition coefficient (Wildman–Crippen LogP) is 0.0219. The molecule has 2 aliphatic rings. The molecule has 2 atom stereocenters. The monoisotopic (exact) mass is 304 g/mol. The van der Waals surface area contributed by atoms with Gasteiger partial charge in [0.05, 0.1) is 11.5 Å². The first-order chi connectivity index (χ1) is 9.32. The van der Waals surface area contributed by atoms with E-state index in [0.29, 0.717) is 25.9 Å². The van der Waals surface area contributed by atoms with Crippen LogP contribution < -0.4 is 0 Å². The third-order valence-corrected chi connectivity index (χ3v) is 5.74. The second-order valence-corrected chi connectivity index (χ2v) is 7.82. The molecule has 7 nitrogen and oxygen atoms in total. The molecule has 0 aromatic heterocycles. The number of carbonyl (C=O) groups is 2. The summed E-state index contributed by atoms with van der Waals surface area (Å²) in [4.78, 5) is 26.5. The minimum Gasteiger partial charge on any atom is -0.480 e. The van der Waals surface area contributed by atoms with E-state index >= 15 is 0 Å². The van der Waals surface area contributed by atoms with Crippen LogP contribution in [0.2, 0.25) is 0 Å². The smallest absolute Gasteiger partial charge is 0.326 e. The zero-order valence-electron chi connectivity index (χ0n) is 11.5. The minimum atomic E-state index is -3.08. The molecule has 0 aliphatic carbocycles. The van der Waals surface area contributed by atoms with Crippen molar-refractivity contribution in [3.63, 3.8) is 0 Å². The first-order valence-corrected chi connectivity index (χ1v) is 8.63. The van der Waals surface area contributed by atoms with Crippen LogP contribution >= 0.6 is 0 Å². The number of carbonyl (C=O) groups excluding carboxylic acids is 1. The van der Waals surface area contributed by atoms with Gasteiger partial charge in [-0.1, -0.05) is 6.92 Å². The molecule has 8 heteroatoms. The van der Waals surface area contributed by atoms with E-state index in [2.05, 4.69) is 0 Å². The summed E-state index contributed by atoms with van der Waals surface area (Å²) in [7, 11) is -3.08. The van der Waals surface area contributed by atoms with Gasteiger partial charge in [0.25, 0.3) is 0 Å². The molecule has 114 valence electrons. The van der Waals surface area contributed by atoms with Crippen LogP contribution in [0.1, 0.15) is 19.8 Å². The van der Waals surface area contributed by atoms with E-state index in [9.17, 15) is 23.1 Å². The molecule has 2 aliphatic heterocycles. The lowest BCUT2D eigenvalue weighted by Gasteiger charge is -2.30. The number of urea groups is 1. The SMILES string of the molecule is CC1CCN(C(=O)N2CCCS(=O)(=O)CC2)C1C(=O)O. The third-order valence-electron chi connectivity index (χ3n) is 4.02. The van der Waals surface area contributed by atoms with Crippen molar-refractivity contribution in [3.05, 3.63) is 0 Å². The van der Waals surface area contributed by atoms with Gasteiger partial charge in [-0.3, -0.25) is 0 Å². The maximum absolute atomic E-state index is 12.4. The lowest BCUT2D eigenvalue weighted by molar-refractivity contribution is -0.142. The number of nitrogens with zero attached hydrogens (tertiary/aromatic N) is 2. The van der Waals surface area contributed by atoms with E-state index in [-0.39, 0.29) is 30.0 Å². The molecule has 0 spiro atoms. The third kappa shape index (κ3) is 3.05. The Morgan fingerprint density at radius 1 is 1.15 bits per heavy atom. The summed E-state index contributed by atoms with van der Waals surface area (Å²) in [6.07, 6.45) is 1.07. The summed E-state index contributed by atoms with van der Waals surface area (Å²) in [6.45, 7) is 2.76. The number of carboxylic acid groups (broad SMARTS) is 1. The number of likely N-dealkylation sites (tertiary alicyclic amines) is 1. The second-order valence-electron chi connectivity index (χ2n) is 5.52. The Labute approximate surface area is 118 Å². The Kier molecular flexibility index (Phi) is 4.22. The van der Waals surface area contributed by atoms with Crippen LogP contribution in [0.15, 0.2) is 0 Å². The van der Waals surface area contributed by atoms with Gasteiger partial charge in [0.1, 0.15) is 6.04 Å². The fourth-order valence-corrected chi connectivity index (χ4v) is 4.12. The van der Waals surface area contributed by atoms with E-state index in [4.69, 9.17) is 0 Å². The van der Waals surface area contributed by atoms with Crippen molar-refractivity contribution in [3.8, 4) is 0 Å². The van der Waals surface area contributed by atoms with Crippen molar-refractivity contribution in [1.82, 2.24) is 9.80 Å². The fraction of sp³-hybridized carbons (Fsp3) is 0.833. The second kappa shape index (κ2) is 5.59. The van der Waals surface area contributed by atoms with Crippen LogP contribution in [0.25, 0.3) is 0 Å². The predicted molar refractivity (Wildman–Crippen MR) is 72.2 cm³/mol. The summed E-state index contributed by atoms with van der Waals surface area (Å²) in [5.41, 5.74) is 0. The molecule has 20 heavy (non-hydrogen) atoms. The standard InChI is InChI=1S/C12H20N2O5S/c1-9-3-5-14(10(9)11(15)16)12(17)13-4-2-7-20(18,19)8-6-13/h9-10H,2-8H2,1H3,(H,15,16). The number of hydrogen-bond acceptors (Lipinski definition) is 4. The molecular weight excluding hydrogens is 284 g/mol. The summed E-state index contributed by atoms with van der Waals surface area (Å²) in [6, 6.07) is -1.15. The van der Waals surface area contributed by atoms with Crippen molar-refractivity contribution in [2.45, 2.75) is 25.8 Å². The van der Waals surface area contributed by atoms with Gasteiger partial charge in [0.15, 0.2) is 9.84 Å². The highest BCUT2D eigenvalue weighted by Gasteiger charge is 2.41. The lowest BCUT2D eigenvalue weighted by atomic mass is 10.0. The highest BCUT2D eigenvalue weighted by atomic mass is 32.2. The largest absolute Gasteiger partial charge is 0.480 e. The van der Waals surface area contributed by atoms with Gasteiger partial charge in [0, 0.05) is 19.6 Å². The Morgan fingerprint density at radius 2 is 1.85 bits per heavy atom. The van der Waals surface area contributed by atoms with Crippen LogP contribution in [0.3, 0.4) is 0 Å². The fourth-order valence-electron chi connectivity index (χ4n) is 2.85. The molecule has 0 aromatic rings. The normalized spacial score (nSPS) is 30.1. The van der Waals surface area contributed by atoms with Crippen molar-refractivity contribution < 1.29 is 23.1 Å². The van der Waals surface area contributed by atoms with Crippen LogP contribution in [0.4, 0.5) is 4.79 Å². The molecule has 2 amide bonds. The molecule has 2 heterocycles.